The summed E-state index contributed by atoms with van der Waals surface area (Å²) in [6, 6.07) is 0. The molecule has 0 aliphatic heterocycles. The van der Waals surface area contributed by atoms with E-state index in [2.05, 4.69) is 38.7 Å². The first-order valence-electron chi connectivity index (χ1n) is 19.0. The van der Waals surface area contributed by atoms with E-state index in [1.807, 2.05) is 12.2 Å². The van der Waals surface area contributed by atoms with Crippen LogP contribution in [-0.4, -0.2) is 49.8 Å². The number of carbonyl (C=O) groups is 4. The molecule has 8 aliphatic rings. The highest BCUT2D eigenvalue weighted by Crippen LogP contribution is 2.65. The summed E-state index contributed by atoms with van der Waals surface area (Å²) >= 11 is 6.56. The van der Waals surface area contributed by atoms with Crippen molar-refractivity contribution in [3.8, 4) is 0 Å². The summed E-state index contributed by atoms with van der Waals surface area (Å²) in [5.74, 6) is 2.04. The van der Waals surface area contributed by atoms with Gasteiger partial charge in [-0.15, -0.1) is 6.58 Å². The molecule has 0 saturated heterocycles. The third kappa shape index (κ3) is 6.23. The van der Waals surface area contributed by atoms with Crippen molar-refractivity contribution in [3.05, 3.63) is 70.4 Å². The van der Waals surface area contributed by atoms with Crippen molar-refractivity contribution in [2.24, 2.45) is 46.3 Å². The molecule has 51 heavy (non-hydrogen) atoms. The van der Waals surface area contributed by atoms with Gasteiger partial charge < -0.3 is 15.3 Å². The van der Waals surface area contributed by atoms with Gasteiger partial charge in [-0.1, -0.05) is 49.8 Å². The average Bonchev–Trinajstić information content (AvgIpc) is 3.50. The van der Waals surface area contributed by atoms with Crippen molar-refractivity contribution < 1.29 is 34.5 Å². The number of ketones is 3. The monoisotopic (exact) mass is 718 g/mol. The second-order valence-corrected chi connectivity index (χ2v) is 17.4. The highest BCUT2D eigenvalue weighted by atomic mass is 35.5. The molecule has 0 bridgehead atoms. The second kappa shape index (κ2) is 13.8. The molecule has 7 nitrogen and oxygen atoms in total. The highest BCUT2D eigenvalue weighted by Gasteiger charge is 2.64. The summed E-state index contributed by atoms with van der Waals surface area (Å²) < 4.78 is 0. The lowest BCUT2D eigenvalue weighted by atomic mass is 9.52. The zero-order valence-electron chi connectivity index (χ0n) is 30.7. The van der Waals surface area contributed by atoms with Gasteiger partial charge >= 0.3 is 0 Å². The highest BCUT2D eigenvalue weighted by molar-refractivity contribution is 6.32. The maximum Gasteiger partial charge on any atom is 0.300 e. The fourth-order valence-corrected chi connectivity index (χ4v) is 12.3. The minimum Gasteiger partial charge on any atom is -0.481 e. The van der Waals surface area contributed by atoms with Gasteiger partial charge in [-0.05, 0) is 148 Å². The Labute approximate surface area is 307 Å². The van der Waals surface area contributed by atoms with Gasteiger partial charge in [0.05, 0.1) is 5.60 Å². The number of hydrogen-bond acceptors (Lipinski definition) is 6. The zero-order chi connectivity index (χ0) is 37.1. The van der Waals surface area contributed by atoms with Crippen LogP contribution < -0.4 is 0 Å². The Morgan fingerprint density at radius 1 is 0.902 bits per heavy atom. The molecule has 0 aromatic rings. The molecular weight excluding hydrogens is 664 g/mol. The standard InChI is InChI=1S/C21H26O2.C20H25ClO3.C2H4O2/c1-3-10-21(23)12-9-19-18-6-4-14-13-15(22)5-7-16(14)17(18)8-11-20(19,21)2;1-11(22)20(24)8-6-17-15-10-18(21)16-9-12(23)3-4-13(16)14(15)5-7-19(17,20)2;1-2(3)4/h3,8,11,13,18-19,23H,1,4-7,9-10,12H2,2H3;9-10,13-15,17,24H,3-8H2,1-2H3;1H3,(H,3,4)/t18-,19+,20+,21+;13-,14-,15-,17+,19+,20+;/m11./s1. The molecule has 0 aromatic carbocycles. The molecular formula is C43H55ClO7. The SMILES string of the molecule is C=CC[C@]1(O)CC[C@H]2[C@@H]3CCC4=CC(=O)CCC4=C3C=C[C@@]21C.CC(=O)O.CC(=O)[C@@]1(O)CC[C@H]2[C@@H]3C=C(Cl)C4=CC(=O)CC[C@@H]4[C@H]3CC[C@@]21C. The van der Waals surface area contributed by atoms with Crippen molar-refractivity contribution >= 4 is 34.9 Å². The molecule has 3 N–H and O–H groups in total. The molecule has 0 heterocycles. The lowest BCUT2D eigenvalue weighted by Crippen LogP contribution is -2.55. The number of allylic oxidation sites excluding steroid dienone is 9. The molecule has 0 aromatic heterocycles. The number of aliphatic hydroxyl groups is 2. The van der Waals surface area contributed by atoms with E-state index in [0.29, 0.717) is 55.3 Å². The van der Waals surface area contributed by atoms with Crippen LogP contribution in [0.1, 0.15) is 111 Å². The Morgan fingerprint density at radius 2 is 1.57 bits per heavy atom. The van der Waals surface area contributed by atoms with Gasteiger partial charge in [0.1, 0.15) is 5.60 Å². The molecule has 8 rings (SSSR count). The predicted octanol–water partition coefficient (Wildman–Crippen LogP) is 8.16. The van der Waals surface area contributed by atoms with Crippen LogP contribution in [0.4, 0.5) is 0 Å². The summed E-state index contributed by atoms with van der Waals surface area (Å²) in [7, 11) is 0. The Morgan fingerprint density at radius 3 is 2.25 bits per heavy atom. The Kier molecular flexibility index (Phi) is 10.3. The van der Waals surface area contributed by atoms with Crippen molar-refractivity contribution in [2.75, 3.05) is 0 Å². The lowest BCUT2D eigenvalue weighted by molar-refractivity contribution is -0.155. The average molecular weight is 719 g/mol. The van der Waals surface area contributed by atoms with Crippen LogP contribution >= 0.6 is 11.6 Å². The van der Waals surface area contributed by atoms with E-state index in [9.17, 15) is 24.6 Å². The van der Waals surface area contributed by atoms with Crippen LogP contribution in [0.2, 0.25) is 0 Å². The molecule has 8 heteroatoms. The van der Waals surface area contributed by atoms with Gasteiger partial charge in [0.15, 0.2) is 17.3 Å². The molecule has 0 amide bonds. The van der Waals surface area contributed by atoms with E-state index in [-0.39, 0.29) is 34.1 Å². The number of carboxylic acid groups (broad SMARTS) is 1. The van der Waals surface area contributed by atoms with E-state index in [4.69, 9.17) is 21.5 Å². The number of aliphatic carboxylic acids is 1. The minimum absolute atomic E-state index is 0.0966. The molecule has 8 aliphatic carbocycles. The van der Waals surface area contributed by atoms with E-state index < -0.39 is 17.2 Å². The topological polar surface area (TPSA) is 129 Å². The Balaban J connectivity index is 0.000000159. The van der Waals surface area contributed by atoms with Crippen molar-refractivity contribution in [1.82, 2.24) is 0 Å². The number of halogens is 1. The Hall–Kier alpha value is -2.87. The number of fused-ring (bicyclic) bond motifs is 9. The molecule has 10 atom stereocenters. The van der Waals surface area contributed by atoms with Gasteiger partial charge in [-0.2, -0.15) is 0 Å². The van der Waals surface area contributed by atoms with E-state index in [1.54, 1.807) is 6.08 Å². The summed E-state index contributed by atoms with van der Waals surface area (Å²) in [6.07, 6.45) is 23.3. The molecule has 0 unspecified atom stereocenters. The van der Waals surface area contributed by atoms with Gasteiger partial charge in [0.25, 0.3) is 5.97 Å². The first-order chi connectivity index (χ1) is 24.0. The van der Waals surface area contributed by atoms with E-state index in [0.717, 1.165) is 75.3 Å². The van der Waals surface area contributed by atoms with Crippen LogP contribution in [0.3, 0.4) is 0 Å². The number of hydrogen-bond donors (Lipinski definition) is 3. The molecule has 0 spiro atoms. The maximum absolute atomic E-state index is 12.2. The van der Waals surface area contributed by atoms with Gasteiger partial charge in [-0.3, -0.25) is 19.2 Å². The largest absolute Gasteiger partial charge is 0.481 e. The van der Waals surface area contributed by atoms with Gasteiger partial charge in [0.2, 0.25) is 0 Å². The van der Waals surface area contributed by atoms with E-state index >= 15 is 0 Å². The lowest BCUT2D eigenvalue weighted by Gasteiger charge is -2.53. The van der Waals surface area contributed by atoms with Crippen LogP contribution in [-0.2, 0) is 19.2 Å². The van der Waals surface area contributed by atoms with Gasteiger partial charge in [0, 0.05) is 35.6 Å². The third-order valence-electron chi connectivity index (χ3n) is 14.7. The normalized spacial score (nSPS) is 41.7. The minimum atomic E-state index is -1.19. The predicted molar refractivity (Wildman–Crippen MR) is 198 cm³/mol. The molecule has 276 valence electrons. The van der Waals surface area contributed by atoms with Crippen molar-refractivity contribution in [3.63, 3.8) is 0 Å². The summed E-state index contributed by atoms with van der Waals surface area (Å²) in [5.41, 5.74) is 2.84. The van der Waals surface area contributed by atoms with Crippen LogP contribution in [0.25, 0.3) is 0 Å². The van der Waals surface area contributed by atoms with Crippen LogP contribution in [0.5, 0.6) is 0 Å². The first kappa shape index (κ1) is 37.9. The first-order valence-corrected chi connectivity index (χ1v) is 19.4. The molecule has 0 radical (unpaired) electrons. The fraction of sp³-hybridized carbons (Fsp3) is 0.628. The number of carbonyl (C=O) groups excluding carboxylic acids is 3. The fourth-order valence-electron chi connectivity index (χ4n) is 12.0. The Bertz CT molecular complexity index is 1680. The number of carboxylic acids is 1. The van der Waals surface area contributed by atoms with Crippen molar-refractivity contribution in [1.29, 1.82) is 0 Å². The summed E-state index contributed by atoms with van der Waals surface area (Å²) in [4.78, 5) is 44.7. The second-order valence-electron chi connectivity index (χ2n) is 17.0. The van der Waals surface area contributed by atoms with Gasteiger partial charge in [-0.25, -0.2) is 0 Å². The molecule has 3 fully saturated rings. The van der Waals surface area contributed by atoms with Crippen LogP contribution in [0, 0.1) is 46.3 Å². The summed E-state index contributed by atoms with van der Waals surface area (Å²) in [6.45, 7) is 10.8. The van der Waals surface area contributed by atoms with Crippen LogP contribution in [0.15, 0.2) is 70.4 Å². The third-order valence-corrected chi connectivity index (χ3v) is 15.0. The quantitative estimate of drug-likeness (QED) is 0.251. The number of Topliss-reactive ketones (excluding diaryl/α,β-unsaturated/α-hetero) is 1. The maximum atomic E-state index is 12.2. The molecule has 3 saturated carbocycles. The zero-order valence-corrected chi connectivity index (χ0v) is 31.4. The van der Waals surface area contributed by atoms with Crippen molar-refractivity contribution in [2.45, 2.75) is 122 Å². The summed E-state index contributed by atoms with van der Waals surface area (Å²) in [5, 5.41) is 30.4. The van der Waals surface area contributed by atoms with E-state index in [1.165, 1.54) is 23.6 Å². The smallest absolute Gasteiger partial charge is 0.300 e. The number of rotatable bonds is 3.